The molecule has 0 fully saturated rings. The lowest BCUT2D eigenvalue weighted by Gasteiger charge is -2.47. The summed E-state index contributed by atoms with van der Waals surface area (Å²) in [6.07, 6.45) is 10.5. The van der Waals surface area contributed by atoms with Crippen molar-refractivity contribution in [1.29, 1.82) is 0 Å². The van der Waals surface area contributed by atoms with Gasteiger partial charge in [-0.25, -0.2) is 0 Å². The number of rotatable bonds is 3. The van der Waals surface area contributed by atoms with Gasteiger partial charge in [-0.2, -0.15) is 4.57 Å². The quantitative estimate of drug-likeness (QED) is 0.489. The molecule has 2 aliphatic heterocycles. The third-order valence-electron chi connectivity index (χ3n) is 6.30. The van der Waals surface area contributed by atoms with E-state index in [2.05, 4.69) is 46.5 Å². The highest BCUT2D eigenvalue weighted by molar-refractivity contribution is 7.09. The summed E-state index contributed by atoms with van der Waals surface area (Å²) in [7, 11) is 1.76. The Bertz CT molecular complexity index is 1080. The fraction of sp³-hybridized carbons (Fsp3) is 0.227. The second-order valence-corrected chi connectivity index (χ2v) is 8.19. The van der Waals surface area contributed by atoms with Gasteiger partial charge in [0.2, 0.25) is 5.01 Å². The molecule has 0 amide bonds. The van der Waals surface area contributed by atoms with Gasteiger partial charge in [0.1, 0.15) is 5.75 Å². The number of thiazole rings is 1. The summed E-state index contributed by atoms with van der Waals surface area (Å²) in [6, 6.07) is 10.9. The summed E-state index contributed by atoms with van der Waals surface area (Å²) in [5.41, 5.74) is 4.79. The molecule has 0 radical (unpaired) electrons. The Morgan fingerprint density at radius 3 is 2.56 bits per heavy atom. The molecule has 1 aromatic carbocycles. The second-order valence-electron chi connectivity index (χ2n) is 7.26. The number of aromatic nitrogens is 1. The van der Waals surface area contributed by atoms with Crippen molar-refractivity contribution in [3.05, 3.63) is 94.2 Å². The second kappa shape index (κ2) is 5.36. The van der Waals surface area contributed by atoms with E-state index in [-0.39, 0.29) is 17.4 Å². The minimum absolute atomic E-state index is 0.142. The molecule has 3 aromatic heterocycles. The molecule has 134 valence electrons. The zero-order valence-electron chi connectivity index (χ0n) is 14.8. The first-order valence-corrected chi connectivity index (χ1v) is 9.93. The van der Waals surface area contributed by atoms with Gasteiger partial charge >= 0.3 is 0 Å². The Kier molecular flexibility index (Phi) is 3.04. The summed E-state index contributed by atoms with van der Waals surface area (Å²) < 4.78 is 19.4. The number of hydrogen-bond acceptors (Lipinski definition) is 4. The number of fused-ring (bicyclic) bond motifs is 1. The number of benzene rings is 1. The maximum absolute atomic E-state index is 5.83. The normalized spacial score (nSPS) is 21.7. The monoisotopic (exact) mass is 376 g/mol. The largest absolute Gasteiger partial charge is 0.496 e. The van der Waals surface area contributed by atoms with Crippen molar-refractivity contribution >= 4 is 11.3 Å². The summed E-state index contributed by atoms with van der Waals surface area (Å²) in [5, 5.41) is 3.54. The highest BCUT2D eigenvalue weighted by atomic mass is 32.1. The van der Waals surface area contributed by atoms with Gasteiger partial charge in [0, 0.05) is 28.7 Å². The lowest BCUT2D eigenvalue weighted by molar-refractivity contribution is -0.727. The molecule has 2 bridgehead atoms. The molecule has 27 heavy (non-hydrogen) atoms. The maximum Gasteiger partial charge on any atom is 0.246 e. The van der Waals surface area contributed by atoms with Gasteiger partial charge in [0.25, 0.3) is 0 Å². The van der Waals surface area contributed by atoms with Crippen LogP contribution in [0.5, 0.6) is 5.75 Å². The Morgan fingerprint density at radius 2 is 1.89 bits per heavy atom. The van der Waals surface area contributed by atoms with Crippen LogP contribution in [0.3, 0.4) is 0 Å². The van der Waals surface area contributed by atoms with E-state index in [1.807, 2.05) is 23.9 Å². The minimum Gasteiger partial charge on any atom is -0.496 e. The maximum atomic E-state index is 5.83. The molecule has 2 atom stereocenters. The molecule has 5 heterocycles. The molecule has 0 saturated heterocycles. The van der Waals surface area contributed by atoms with Crippen molar-refractivity contribution in [3.8, 4) is 5.75 Å². The van der Waals surface area contributed by atoms with Crippen molar-refractivity contribution in [3.63, 3.8) is 0 Å². The lowest BCUT2D eigenvalue weighted by Crippen LogP contribution is -2.58. The number of nitrogens with zero attached hydrogens (tertiary/aromatic N) is 1. The van der Waals surface area contributed by atoms with E-state index in [1.165, 1.54) is 27.3 Å². The van der Waals surface area contributed by atoms with E-state index in [4.69, 9.17) is 13.6 Å². The highest BCUT2D eigenvalue weighted by Crippen LogP contribution is 2.62. The van der Waals surface area contributed by atoms with Gasteiger partial charge in [0.05, 0.1) is 48.9 Å². The Morgan fingerprint density at radius 1 is 1.11 bits per heavy atom. The average molecular weight is 376 g/mol. The smallest absolute Gasteiger partial charge is 0.246 e. The molecule has 0 spiro atoms. The zero-order chi connectivity index (χ0) is 18.0. The molecule has 5 heteroatoms. The minimum atomic E-state index is -0.239. The fourth-order valence-corrected chi connectivity index (χ4v) is 6.34. The van der Waals surface area contributed by atoms with Crippen LogP contribution in [-0.2, 0) is 5.41 Å². The third kappa shape index (κ3) is 1.80. The van der Waals surface area contributed by atoms with E-state index in [1.54, 1.807) is 19.6 Å². The first kappa shape index (κ1) is 15.3. The molecular formula is C22H18NO3S+. The predicted octanol–water partition coefficient (Wildman–Crippen LogP) is 4.65. The molecule has 4 aromatic rings. The number of ether oxygens (including phenoxy) is 1. The van der Waals surface area contributed by atoms with Gasteiger partial charge < -0.3 is 13.6 Å². The van der Waals surface area contributed by atoms with Crippen LogP contribution in [-0.4, -0.2) is 7.11 Å². The Hall–Kier alpha value is -2.79. The van der Waals surface area contributed by atoms with E-state index >= 15 is 0 Å². The Labute approximate surface area is 160 Å². The molecule has 0 saturated carbocycles. The molecule has 3 aliphatic rings. The van der Waals surface area contributed by atoms with Crippen LogP contribution in [0.1, 0.15) is 45.6 Å². The molecule has 0 N–H and O–H groups in total. The standard InChI is InChI=1S/C22H18NO3S/c1-24-18-4-2-3-16-17-11-22(14-5-8-25-12-14,15-6-9-26-13-15)20(19(16)18)21-23(17)7-10-27-21/h2-10,12-13,17,20H,11H2,1H3/q+1. The first-order chi connectivity index (χ1) is 13.3. The highest BCUT2D eigenvalue weighted by Gasteiger charge is 2.61. The summed E-state index contributed by atoms with van der Waals surface area (Å²) in [4.78, 5) is 0. The van der Waals surface area contributed by atoms with Crippen LogP contribution in [0.25, 0.3) is 0 Å². The summed E-state index contributed by atoms with van der Waals surface area (Å²) >= 11 is 1.81. The SMILES string of the molecule is COc1cccc2c1C1c3scc[n+]3C2CC1(c1ccoc1)c1ccoc1. The van der Waals surface area contributed by atoms with Crippen LogP contribution < -0.4 is 9.30 Å². The van der Waals surface area contributed by atoms with Crippen LogP contribution in [0, 0.1) is 0 Å². The van der Waals surface area contributed by atoms with Crippen LogP contribution in [0.2, 0.25) is 0 Å². The lowest BCUT2D eigenvalue weighted by atomic mass is 9.55. The molecular weight excluding hydrogens is 358 g/mol. The topological polar surface area (TPSA) is 39.4 Å². The van der Waals surface area contributed by atoms with Crippen molar-refractivity contribution in [2.45, 2.75) is 23.8 Å². The van der Waals surface area contributed by atoms with Crippen LogP contribution >= 0.6 is 11.3 Å². The summed E-state index contributed by atoms with van der Waals surface area (Å²) in [6.45, 7) is 0. The van der Waals surface area contributed by atoms with Gasteiger partial charge in [0.15, 0.2) is 12.2 Å². The van der Waals surface area contributed by atoms with Crippen LogP contribution in [0.15, 0.2) is 75.8 Å². The molecule has 7 rings (SSSR count). The van der Waals surface area contributed by atoms with Crippen molar-refractivity contribution in [2.75, 3.05) is 7.11 Å². The first-order valence-electron chi connectivity index (χ1n) is 9.05. The van der Waals surface area contributed by atoms with E-state index in [0.29, 0.717) is 0 Å². The molecule has 2 unspecified atom stereocenters. The predicted molar refractivity (Wildman–Crippen MR) is 100 cm³/mol. The fourth-order valence-electron chi connectivity index (χ4n) is 5.25. The van der Waals surface area contributed by atoms with Crippen molar-refractivity contribution in [1.82, 2.24) is 0 Å². The van der Waals surface area contributed by atoms with Gasteiger partial charge in [-0.05, 0) is 18.2 Å². The van der Waals surface area contributed by atoms with Crippen molar-refractivity contribution < 1.29 is 18.1 Å². The zero-order valence-corrected chi connectivity index (χ0v) is 15.6. The third-order valence-corrected chi connectivity index (χ3v) is 7.24. The van der Waals surface area contributed by atoms with Crippen molar-refractivity contribution in [2.24, 2.45) is 0 Å². The van der Waals surface area contributed by atoms with Gasteiger partial charge in [-0.1, -0.05) is 23.5 Å². The van der Waals surface area contributed by atoms with Gasteiger partial charge in [-0.3, -0.25) is 0 Å². The summed E-state index contributed by atoms with van der Waals surface area (Å²) in [5.74, 6) is 1.10. The van der Waals surface area contributed by atoms with Gasteiger partial charge in [-0.15, -0.1) is 0 Å². The van der Waals surface area contributed by atoms with E-state index in [9.17, 15) is 0 Å². The average Bonchev–Trinajstić information content (AvgIpc) is 3.49. The Balaban J connectivity index is 1.74. The molecule has 1 aliphatic carbocycles. The number of furan rings is 2. The molecule has 4 nitrogen and oxygen atoms in total. The van der Waals surface area contributed by atoms with Crippen LogP contribution in [0.4, 0.5) is 0 Å². The number of hydrogen-bond donors (Lipinski definition) is 0. The van der Waals surface area contributed by atoms with E-state index in [0.717, 1.165) is 12.2 Å². The van der Waals surface area contributed by atoms with E-state index < -0.39 is 0 Å². The number of methoxy groups -OCH3 is 1.